The van der Waals surface area contributed by atoms with Gasteiger partial charge in [-0.3, -0.25) is 9.59 Å². The van der Waals surface area contributed by atoms with Crippen LogP contribution in [0.25, 0.3) is 0 Å². The second kappa shape index (κ2) is 5.73. The van der Waals surface area contributed by atoms with Crippen LogP contribution >= 0.6 is 0 Å². The molecule has 106 valence electrons. The van der Waals surface area contributed by atoms with Crippen molar-refractivity contribution in [1.29, 1.82) is 0 Å². The van der Waals surface area contributed by atoms with Gasteiger partial charge in [-0.2, -0.15) is 0 Å². The van der Waals surface area contributed by atoms with Crippen molar-refractivity contribution in [3.05, 3.63) is 35.9 Å². The van der Waals surface area contributed by atoms with Crippen molar-refractivity contribution in [3.63, 3.8) is 0 Å². The Bertz CT molecular complexity index is 528. The van der Waals surface area contributed by atoms with Gasteiger partial charge in [0.15, 0.2) is 6.04 Å². The van der Waals surface area contributed by atoms with Crippen molar-refractivity contribution in [2.45, 2.75) is 12.5 Å². The van der Waals surface area contributed by atoms with Crippen molar-refractivity contribution < 1.29 is 24.2 Å². The predicted octanol–water partition coefficient (Wildman–Crippen LogP) is 0.834. The van der Waals surface area contributed by atoms with Crippen LogP contribution < -0.4 is 0 Å². The molecule has 6 nitrogen and oxygen atoms in total. The highest BCUT2D eigenvalue weighted by Gasteiger charge is 2.41. The molecule has 1 aliphatic heterocycles. The Morgan fingerprint density at radius 3 is 2.55 bits per heavy atom. The first-order valence-corrected chi connectivity index (χ1v) is 6.19. The molecule has 2 rings (SSSR count). The Labute approximate surface area is 115 Å². The molecule has 1 heterocycles. The van der Waals surface area contributed by atoms with Gasteiger partial charge < -0.3 is 14.7 Å². The molecule has 0 bridgehead atoms. The lowest BCUT2D eigenvalue weighted by molar-refractivity contribution is -0.149. The third kappa shape index (κ3) is 2.64. The van der Waals surface area contributed by atoms with Crippen molar-refractivity contribution in [3.8, 4) is 0 Å². The number of rotatable bonds is 4. The summed E-state index contributed by atoms with van der Waals surface area (Å²) in [5.74, 6) is -2.55. The van der Waals surface area contributed by atoms with E-state index in [1.165, 1.54) is 12.0 Å². The fourth-order valence-corrected chi connectivity index (χ4v) is 2.40. The van der Waals surface area contributed by atoms with Gasteiger partial charge in [0.1, 0.15) is 0 Å². The lowest BCUT2D eigenvalue weighted by atomic mass is 10.1. The quantitative estimate of drug-likeness (QED) is 0.824. The highest BCUT2D eigenvalue weighted by molar-refractivity contribution is 5.90. The Morgan fingerprint density at radius 2 is 2.00 bits per heavy atom. The third-order valence-corrected chi connectivity index (χ3v) is 3.35. The number of methoxy groups -OCH3 is 1. The molecule has 0 spiro atoms. The number of benzene rings is 1. The summed E-state index contributed by atoms with van der Waals surface area (Å²) in [4.78, 5) is 36.2. The minimum Gasteiger partial charge on any atom is -0.479 e. The van der Waals surface area contributed by atoms with Crippen LogP contribution in [0.5, 0.6) is 0 Å². The summed E-state index contributed by atoms with van der Waals surface area (Å²) in [6.45, 7) is 0.0668. The molecule has 0 aromatic heterocycles. The number of carbonyl (C=O) groups is 3. The van der Waals surface area contributed by atoms with Crippen LogP contribution in [0.15, 0.2) is 30.3 Å². The maximum atomic E-state index is 12.0. The average molecular weight is 277 g/mol. The van der Waals surface area contributed by atoms with Crippen molar-refractivity contribution in [2.24, 2.45) is 5.92 Å². The van der Waals surface area contributed by atoms with Crippen LogP contribution in [0, 0.1) is 5.92 Å². The van der Waals surface area contributed by atoms with E-state index in [9.17, 15) is 19.5 Å². The first-order valence-electron chi connectivity index (χ1n) is 6.19. The smallest absolute Gasteiger partial charge is 0.331 e. The molecule has 6 heteroatoms. The molecule has 1 amide bonds. The molecule has 0 saturated carbocycles. The summed E-state index contributed by atoms with van der Waals surface area (Å²) in [5.41, 5.74) is 0.513. The highest BCUT2D eigenvalue weighted by Crippen LogP contribution is 2.29. The van der Waals surface area contributed by atoms with E-state index in [1.807, 2.05) is 0 Å². The summed E-state index contributed by atoms with van der Waals surface area (Å²) in [6.07, 6.45) is -0.0106. The molecule has 1 saturated heterocycles. The molecule has 1 aromatic rings. The second-order valence-electron chi connectivity index (χ2n) is 4.62. The number of esters is 1. The van der Waals surface area contributed by atoms with Crippen LogP contribution in [0.4, 0.5) is 0 Å². The van der Waals surface area contributed by atoms with Crippen LogP contribution in [-0.2, 0) is 19.1 Å². The number of hydrogen-bond acceptors (Lipinski definition) is 4. The van der Waals surface area contributed by atoms with E-state index in [0.717, 1.165) is 0 Å². The van der Waals surface area contributed by atoms with Gasteiger partial charge >= 0.3 is 11.9 Å². The Hall–Kier alpha value is -2.37. The number of amides is 1. The molecule has 20 heavy (non-hydrogen) atoms. The molecule has 1 N–H and O–H groups in total. The Morgan fingerprint density at radius 1 is 1.35 bits per heavy atom. The maximum absolute atomic E-state index is 12.0. The van der Waals surface area contributed by atoms with Gasteiger partial charge in [-0.15, -0.1) is 0 Å². The lowest BCUT2D eigenvalue weighted by Crippen LogP contribution is -2.35. The van der Waals surface area contributed by atoms with Gasteiger partial charge in [0, 0.05) is 13.0 Å². The lowest BCUT2D eigenvalue weighted by Gasteiger charge is -2.24. The molecular formula is C14H15NO5. The first-order chi connectivity index (χ1) is 9.54. The highest BCUT2D eigenvalue weighted by atomic mass is 16.5. The van der Waals surface area contributed by atoms with Gasteiger partial charge in [-0.05, 0) is 5.56 Å². The SMILES string of the molecule is COC(=O)C1CC(=O)N(C(C(=O)O)c2ccccc2)C1. The minimum absolute atomic E-state index is 0.0106. The summed E-state index contributed by atoms with van der Waals surface area (Å²) < 4.78 is 4.61. The van der Waals surface area contributed by atoms with Gasteiger partial charge in [0.2, 0.25) is 5.91 Å². The number of carbonyl (C=O) groups excluding carboxylic acids is 2. The summed E-state index contributed by atoms with van der Waals surface area (Å²) in [5, 5.41) is 9.38. The van der Waals surface area contributed by atoms with Crippen LogP contribution in [-0.4, -0.2) is 41.5 Å². The van der Waals surface area contributed by atoms with Crippen LogP contribution in [0.1, 0.15) is 18.0 Å². The van der Waals surface area contributed by atoms with E-state index in [4.69, 9.17) is 0 Å². The molecule has 2 unspecified atom stereocenters. The second-order valence-corrected chi connectivity index (χ2v) is 4.62. The van der Waals surface area contributed by atoms with E-state index >= 15 is 0 Å². The summed E-state index contributed by atoms with van der Waals surface area (Å²) >= 11 is 0. The monoisotopic (exact) mass is 277 g/mol. The topological polar surface area (TPSA) is 83.9 Å². The van der Waals surface area contributed by atoms with Gasteiger partial charge in [0.05, 0.1) is 13.0 Å². The van der Waals surface area contributed by atoms with Gasteiger partial charge in [-0.1, -0.05) is 30.3 Å². The summed E-state index contributed by atoms with van der Waals surface area (Å²) in [7, 11) is 1.25. The molecule has 0 aliphatic carbocycles. The number of ether oxygens (including phenoxy) is 1. The van der Waals surface area contributed by atoms with E-state index in [0.29, 0.717) is 5.56 Å². The van der Waals surface area contributed by atoms with Crippen molar-refractivity contribution in [2.75, 3.05) is 13.7 Å². The van der Waals surface area contributed by atoms with Crippen molar-refractivity contribution >= 4 is 17.8 Å². The fraction of sp³-hybridized carbons (Fsp3) is 0.357. The minimum atomic E-state index is -1.12. The van der Waals surface area contributed by atoms with Gasteiger partial charge in [0.25, 0.3) is 0 Å². The number of hydrogen-bond donors (Lipinski definition) is 1. The molecule has 0 radical (unpaired) electrons. The van der Waals surface area contributed by atoms with Gasteiger partial charge in [-0.25, -0.2) is 4.79 Å². The normalized spacial score (nSPS) is 19.8. The maximum Gasteiger partial charge on any atom is 0.331 e. The first kappa shape index (κ1) is 14.0. The fourth-order valence-electron chi connectivity index (χ4n) is 2.40. The molecule has 1 aromatic carbocycles. The molecule has 1 fully saturated rings. The van der Waals surface area contributed by atoms with E-state index in [1.54, 1.807) is 30.3 Å². The largest absolute Gasteiger partial charge is 0.479 e. The third-order valence-electron chi connectivity index (χ3n) is 3.35. The van der Waals surface area contributed by atoms with Crippen LogP contribution in [0.3, 0.4) is 0 Å². The Balaban J connectivity index is 2.25. The predicted molar refractivity (Wildman–Crippen MR) is 68.7 cm³/mol. The zero-order valence-electron chi connectivity index (χ0n) is 11.0. The number of nitrogens with zero attached hydrogens (tertiary/aromatic N) is 1. The van der Waals surface area contributed by atoms with Crippen LogP contribution in [0.2, 0.25) is 0 Å². The zero-order chi connectivity index (χ0) is 14.7. The molecule has 1 aliphatic rings. The zero-order valence-corrected chi connectivity index (χ0v) is 11.0. The number of likely N-dealkylation sites (tertiary alicyclic amines) is 1. The van der Waals surface area contributed by atoms with E-state index in [-0.39, 0.29) is 18.9 Å². The van der Waals surface area contributed by atoms with E-state index < -0.39 is 23.9 Å². The molecule has 2 atom stereocenters. The van der Waals surface area contributed by atoms with Crippen molar-refractivity contribution in [1.82, 2.24) is 4.90 Å². The number of aliphatic carboxylic acids is 1. The summed E-state index contributed by atoms with van der Waals surface area (Å²) in [6, 6.07) is 7.42. The Kier molecular flexibility index (Phi) is 4.02. The molecular weight excluding hydrogens is 262 g/mol. The number of carboxylic acids is 1. The number of carboxylic acid groups (broad SMARTS) is 1. The standard InChI is InChI=1S/C14H15NO5/c1-20-14(19)10-7-11(16)15(8-10)12(13(17)18)9-5-3-2-4-6-9/h2-6,10,12H,7-8H2,1H3,(H,17,18). The average Bonchev–Trinajstić information content (AvgIpc) is 2.81. The van der Waals surface area contributed by atoms with E-state index in [2.05, 4.69) is 4.74 Å².